The van der Waals surface area contributed by atoms with Gasteiger partial charge in [-0.15, -0.1) is 0 Å². The quantitative estimate of drug-likeness (QED) is 0.839. The zero-order valence-corrected chi connectivity index (χ0v) is 13.3. The Kier molecular flexibility index (Phi) is 5.22. The summed E-state index contributed by atoms with van der Waals surface area (Å²) < 4.78 is 6.34. The molecule has 0 fully saturated rings. The van der Waals surface area contributed by atoms with Crippen LogP contribution < -0.4 is 15.8 Å². The number of nitrogens with two attached hydrogens (primary N) is 1. The van der Waals surface area contributed by atoms with Crippen LogP contribution in [0.2, 0.25) is 0 Å². The molecule has 2 aromatic rings. The summed E-state index contributed by atoms with van der Waals surface area (Å²) in [5.41, 5.74) is 7.16. The third-order valence-corrected chi connectivity index (χ3v) is 3.44. The molecule has 1 unspecified atom stereocenters. The fourth-order valence-electron chi connectivity index (χ4n) is 1.94. The maximum atomic E-state index is 10.7. The maximum absolute atomic E-state index is 10.7. The number of nitrogens with one attached hydrogen (secondary N) is 1. The Morgan fingerprint density at radius 2 is 2.05 bits per heavy atom. The number of amides is 1. The minimum absolute atomic E-state index is 0.120. The molecule has 1 atom stereocenters. The SMILES string of the molecule is CC(Nc1cccc(OCC(N)=O)c1)c1cccc(Br)c1. The van der Waals surface area contributed by atoms with Crippen molar-refractivity contribution in [3.8, 4) is 5.75 Å². The van der Waals surface area contributed by atoms with Gasteiger partial charge in [-0.25, -0.2) is 0 Å². The molecule has 0 heterocycles. The fourth-order valence-corrected chi connectivity index (χ4v) is 2.36. The Balaban J connectivity index is 2.05. The molecule has 110 valence electrons. The van der Waals surface area contributed by atoms with Gasteiger partial charge >= 0.3 is 0 Å². The van der Waals surface area contributed by atoms with Gasteiger partial charge in [-0.1, -0.05) is 34.1 Å². The number of primary amides is 1. The smallest absolute Gasteiger partial charge is 0.255 e. The number of benzene rings is 2. The minimum atomic E-state index is -0.490. The van der Waals surface area contributed by atoms with Crippen molar-refractivity contribution in [1.29, 1.82) is 0 Å². The Bertz CT molecular complexity index is 631. The van der Waals surface area contributed by atoms with Gasteiger partial charge in [0.1, 0.15) is 5.75 Å². The average molecular weight is 349 g/mol. The van der Waals surface area contributed by atoms with Crippen LogP contribution in [0, 0.1) is 0 Å². The van der Waals surface area contributed by atoms with E-state index in [2.05, 4.69) is 40.3 Å². The topological polar surface area (TPSA) is 64.3 Å². The van der Waals surface area contributed by atoms with Crippen LogP contribution in [0.1, 0.15) is 18.5 Å². The molecule has 0 saturated carbocycles. The summed E-state index contributed by atoms with van der Waals surface area (Å²) in [4.78, 5) is 10.7. The Morgan fingerprint density at radius 3 is 2.76 bits per heavy atom. The zero-order chi connectivity index (χ0) is 15.2. The molecule has 0 aromatic heterocycles. The summed E-state index contributed by atoms with van der Waals surface area (Å²) >= 11 is 3.47. The van der Waals surface area contributed by atoms with E-state index in [1.165, 1.54) is 5.56 Å². The van der Waals surface area contributed by atoms with Crippen molar-refractivity contribution in [2.45, 2.75) is 13.0 Å². The van der Waals surface area contributed by atoms with Gasteiger partial charge in [0.25, 0.3) is 5.91 Å². The first-order valence-corrected chi connectivity index (χ1v) is 7.37. The number of carbonyl (C=O) groups excluding carboxylic acids is 1. The number of halogens is 1. The molecule has 0 aliphatic heterocycles. The third-order valence-electron chi connectivity index (χ3n) is 2.95. The van der Waals surface area contributed by atoms with Gasteiger partial charge in [-0.2, -0.15) is 0 Å². The lowest BCUT2D eigenvalue weighted by Gasteiger charge is -2.16. The molecular weight excluding hydrogens is 332 g/mol. The fraction of sp³-hybridized carbons (Fsp3) is 0.188. The Labute approximate surface area is 132 Å². The Morgan fingerprint density at radius 1 is 1.29 bits per heavy atom. The molecule has 21 heavy (non-hydrogen) atoms. The van der Waals surface area contributed by atoms with Gasteiger partial charge in [0.2, 0.25) is 0 Å². The second kappa shape index (κ2) is 7.13. The maximum Gasteiger partial charge on any atom is 0.255 e. The average Bonchev–Trinajstić information content (AvgIpc) is 2.45. The number of hydrogen-bond acceptors (Lipinski definition) is 3. The monoisotopic (exact) mass is 348 g/mol. The summed E-state index contributed by atoms with van der Waals surface area (Å²) in [6.07, 6.45) is 0. The predicted octanol–water partition coefficient (Wildman–Crippen LogP) is 3.49. The number of rotatable bonds is 6. The van der Waals surface area contributed by atoms with Crippen LogP contribution >= 0.6 is 15.9 Å². The second-order valence-electron chi connectivity index (χ2n) is 4.70. The van der Waals surface area contributed by atoms with Gasteiger partial charge in [-0.3, -0.25) is 4.79 Å². The van der Waals surface area contributed by atoms with Crippen molar-refractivity contribution in [2.24, 2.45) is 5.73 Å². The minimum Gasteiger partial charge on any atom is -0.484 e. The summed E-state index contributed by atoms with van der Waals surface area (Å²) in [7, 11) is 0. The Hall–Kier alpha value is -2.01. The van der Waals surface area contributed by atoms with Crippen molar-refractivity contribution in [3.05, 3.63) is 58.6 Å². The van der Waals surface area contributed by atoms with Gasteiger partial charge in [0, 0.05) is 22.3 Å². The standard InChI is InChI=1S/C16H17BrN2O2/c1-11(12-4-2-5-13(17)8-12)19-14-6-3-7-15(9-14)21-10-16(18)20/h2-9,11,19H,10H2,1H3,(H2,18,20). The van der Waals surface area contributed by atoms with Crippen LogP contribution in [0.3, 0.4) is 0 Å². The van der Waals surface area contributed by atoms with Gasteiger partial charge < -0.3 is 15.8 Å². The molecule has 5 heteroatoms. The normalized spacial score (nSPS) is 11.7. The molecule has 3 N–H and O–H groups in total. The van der Waals surface area contributed by atoms with E-state index in [-0.39, 0.29) is 12.6 Å². The van der Waals surface area contributed by atoms with E-state index in [9.17, 15) is 4.79 Å². The molecule has 0 spiro atoms. The number of ether oxygens (including phenoxy) is 1. The van der Waals surface area contributed by atoms with E-state index in [1.54, 1.807) is 6.07 Å². The highest BCUT2D eigenvalue weighted by Crippen LogP contribution is 2.24. The zero-order valence-electron chi connectivity index (χ0n) is 11.7. The lowest BCUT2D eigenvalue weighted by Crippen LogP contribution is -2.20. The molecule has 0 radical (unpaired) electrons. The van der Waals surface area contributed by atoms with Crippen molar-refractivity contribution in [3.63, 3.8) is 0 Å². The molecule has 2 aromatic carbocycles. The van der Waals surface area contributed by atoms with E-state index in [1.807, 2.05) is 30.3 Å². The highest BCUT2D eigenvalue weighted by atomic mass is 79.9. The molecule has 0 bridgehead atoms. The van der Waals surface area contributed by atoms with E-state index in [0.29, 0.717) is 5.75 Å². The predicted molar refractivity (Wildman–Crippen MR) is 87.3 cm³/mol. The summed E-state index contributed by atoms with van der Waals surface area (Å²) in [5, 5.41) is 3.40. The summed E-state index contributed by atoms with van der Waals surface area (Å²) in [6.45, 7) is 1.96. The van der Waals surface area contributed by atoms with Gasteiger partial charge in [0.05, 0.1) is 0 Å². The van der Waals surface area contributed by atoms with E-state index in [0.717, 1.165) is 10.2 Å². The molecule has 0 aliphatic carbocycles. The summed E-state index contributed by atoms with van der Waals surface area (Å²) in [5.74, 6) is 0.121. The van der Waals surface area contributed by atoms with E-state index >= 15 is 0 Å². The first-order chi connectivity index (χ1) is 10.0. The van der Waals surface area contributed by atoms with Crippen LogP contribution in [0.25, 0.3) is 0 Å². The number of anilines is 1. The van der Waals surface area contributed by atoms with Crippen LogP contribution in [0.15, 0.2) is 53.0 Å². The van der Waals surface area contributed by atoms with Crippen LogP contribution in [0.4, 0.5) is 5.69 Å². The molecule has 2 rings (SSSR count). The van der Waals surface area contributed by atoms with Crippen molar-refractivity contribution < 1.29 is 9.53 Å². The van der Waals surface area contributed by atoms with Crippen LogP contribution in [-0.2, 0) is 4.79 Å². The largest absolute Gasteiger partial charge is 0.484 e. The molecular formula is C16H17BrN2O2. The van der Waals surface area contributed by atoms with E-state index < -0.39 is 5.91 Å². The van der Waals surface area contributed by atoms with Crippen molar-refractivity contribution in [2.75, 3.05) is 11.9 Å². The molecule has 0 saturated heterocycles. The summed E-state index contributed by atoms with van der Waals surface area (Å²) in [6, 6.07) is 15.7. The van der Waals surface area contributed by atoms with Crippen molar-refractivity contribution in [1.82, 2.24) is 0 Å². The van der Waals surface area contributed by atoms with Gasteiger partial charge in [0.15, 0.2) is 6.61 Å². The first-order valence-electron chi connectivity index (χ1n) is 6.58. The third kappa shape index (κ3) is 4.79. The van der Waals surface area contributed by atoms with Crippen LogP contribution in [-0.4, -0.2) is 12.5 Å². The highest BCUT2D eigenvalue weighted by molar-refractivity contribution is 9.10. The lowest BCUT2D eigenvalue weighted by atomic mass is 10.1. The van der Waals surface area contributed by atoms with Crippen LogP contribution in [0.5, 0.6) is 5.75 Å². The lowest BCUT2D eigenvalue weighted by molar-refractivity contribution is -0.119. The van der Waals surface area contributed by atoms with Crippen molar-refractivity contribution >= 4 is 27.5 Å². The van der Waals surface area contributed by atoms with Gasteiger partial charge in [-0.05, 0) is 36.8 Å². The highest BCUT2D eigenvalue weighted by Gasteiger charge is 2.06. The van der Waals surface area contributed by atoms with E-state index in [4.69, 9.17) is 10.5 Å². The molecule has 1 amide bonds. The number of carbonyl (C=O) groups is 1. The first kappa shape index (κ1) is 15.4. The molecule has 0 aliphatic rings. The second-order valence-corrected chi connectivity index (χ2v) is 5.62. The number of hydrogen-bond donors (Lipinski definition) is 2. The molecule has 4 nitrogen and oxygen atoms in total.